The number of hydrogen-bond donors (Lipinski definition) is 1. The number of esters is 1. The first-order chi connectivity index (χ1) is 14.0. The van der Waals surface area contributed by atoms with Gasteiger partial charge in [-0.2, -0.15) is 0 Å². The summed E-state index contributed by atoms with van der Waals surface area (Å²) in [6.07, 6.45) is 0.401. The zero-order valence-corrected chi connectivity index (χ0v) is 17.8. The molecule has 0 unspecified atom stereocenters. The first kappa shape index (κ1) is 22.9. The Balaban J connectivity index is 2.31. The minimum absolute atomic E-state index is 0.123. The van der Waals surface area contributed by atoms with Crippen LogP contribution in [-0.4, -0.2) is 35.2 Å². The van der Waals surface area contributed by atoms with Gasteiger partial charge in [0.1, 0.15) is 0 Å². The second kappa shape index (κ2) is 11.5. The van der Waals surface area contributed by atoms with Gasteiger partial charge in [-0.1, -0.05) is 87.5 Å². The molecular weight excluding hydrogens is 362 g/mol. The predicted octanol–water partition coefficient (Wildman–Crippen LogP) is 4.58. The number of methoxy groups -OCH3 is 1. The number of benzene rings is 2. The number of ether oxygens (including phenoxy) is 1. The highest BCUT2D eigenvalue weighted by Crippen LogP contribution is 2.26. The molecule has 0 heterocycles. The average molecular weight is 396 g/mol. The molecule has 29 heavy (non-hydrogen) atoms. The summed E-state index contributed by atoms with van der Waals surface area (Å²) in [7, 11) is 1.34. The van der Waals surface area contributed by atoms with Crippen LogP contribution < -0.4 is 0 Å². The maximum absolute atomic E-state index is 11.8. The lowest BCUT2D eigenvalue weighted by molar-refractivity contribution is -0.136. The molecule has 0 aromatic heterocycles. The summed E-state index contributed by atoms with van der Waals surface area (Å²) in [5.41, 5.74) is 2.68. The van der Waals surface area contributed by atoms with Gasteiger partial charge in [0.05, 0.1) is 13.2 Å². The highest BCUT2D eigenvalue weighted by molar-refractivity contribution is 5.87. The van der Waals surface area contributed by atoms with Crippen LogP contribution in [0.2, 0.25) is 0 Å². The van der Waals surface area contributed by atoms with E-state index < -0.39 is 12.1 Å². The Labute approximate surface area is 174 Å². The minimum Gasteiger partial charge on any atom is -0.466 e. The number of nitrogens with zero attached hydrogens (tertiary/aromatic N) is 1. The van der Waals surface area contributed by atoms with Crippen LogP contribution in [0.4, 0.5) is 0 Å². The van der Waals surface area contributed by atoms with Gasteiger partial charge in [0, 0.05) is 31.1 Å². The van der Waals surface area contributed by atoms with Crippen molar-refractivity contribution in [1.82, 2.24) is 4.90 Å². The Morgan fingerprint density at radius 1 is 1.03 bits per heavy atom. The molecule has 0 spiro atoms. The number of carbonyl (C=O) groups is 1. The Bertz CT molecular complexity index is 719. The van der Waals surface area contributed by atoms with Gasteiger partial charge >= 0.3 is 5.97 Å². The fourth-order valence-corrected chi connectivity index (χ4v) is 3.73. The van der Waals surface area contributed by atoms with Crippen molar-refractivity contribution < 1.29 is 14.6 Å². The Morgan fingerprint density at radius 3 is 1.93 bits per heavy atom. The van der Waals surface area contributed by atoms with Crippen LogP contribution in [0.3, 0.4) is 0 Å². The lowest BCUT2D eigenvalue weighted by atomic mass is 9.89. The van der Waals surface area contributed by atoms with E-state index in [0.717, 1.165) is 6.42 Å². The smallest absolute Gasteiger partial charge is 0.333 e. The largest absolute Gasteiger partial charge is 0.466 e. The van der Waals surface area contributed by atoms with Crippen molar-refractivity contribution in [2.45, 2.75) is 51.9 Å². The molecule has 0 fully saturated rings. The summed E-state index contributed by atoms with van der Waals surface area (Å²) in [6, 6.07) is 20.4. The van der Waals surface area contributed by atoms with Crippen molar-refractivity contribution in [3.63, 3.8) is 0 Å². The maximum Gasteiger partial charge on any atom is 0.333 e. The molecule has 156 valence electrons. The summed E-state index contributed by atoms with van der Waals surface area (Å²) < 4.78 is 4.77. The average Bonchev–Trinajstić information content (AvgIpc) is 2.74. The van der Waals surface area contributed by atoms with Crippen LogP contribution in [0, 0.1) is 5.92 Å². The Hall–Kier alpha value is -2.43. The fourth-order valence-electron chi connectivity index (χ4n) is 3.73. The van der Waals surface area contributed by atoms with Crippen molar-refractivity contribution in [3.05, 3.63) is 83.9 Å². The fraction of sp³-hybridized carbons (Fsp3) is 0.400. The summed E-state index contributed by atoms with van der Waals surface area (Å²) >= 11 is 0. The van der Waals surface area contributed by atoms with E-state index in [2.05, 4.69) is 49.6 Å². The predicted molar refractivity (Wildman–Crippen MR) is 117 cm³/mol. The van der Waals surface area contributed by atoms with Crippen LogP contribution in [0.25, 0.3) is 0 Å². The van der Waals surface area contributed by atoms with Gasteiger partial charge in [-0.3, -0.25) is 4.90 Å². The second-order valence-corrected chi connectivity index (χ2v) is 7.62. The van der Waals surface area contributed by atoms with Gasteiger partial charge in [-0.25, -0.2) is 4.79 Å². The topological polar surface area (TPSA) is 49.8 Å². The number of rotatable bonds is 11. The van der Waals surface area contributed by atoms with E-state index in [4.69, 9.17) is 4.74 Å². The van der Waals surface area contributed by atoms with Gasteiger partial charge in [-0.15, -0.1) is 0 Å². The van der Waals surface area contributed by atoms with Crippen molar-refractivity contribution in [2.24, 2.45) is 5.92 Å². The molecule has 0 saturated heterocycles. The van der Waals surface area contributed by atoms with Crippen LogP contribution in [0.15, 0.2) is 72.8 Å². The standard InChI is InChI=1S/C25H33NO3/c1-5-19(2)24(23(27)16-20(3)25(28)29-4)26(17-21-12-8-6-9-13-21)18-22-14-10-7-11-15-22/h6-15,19,23-24,27H,3,5,16-18H2,1-2,4H3/t19-,23+,24-/m0/s1. The quantitative estimate of drug-likeness (QED) is 0.447. The summed E-state index contributed by atoms with van der Waals surface area (Å²) in [6.45, 7) is 9.52. The Morgan fingerprint density at radius 2 is 1.52 bits per heavy atom. The van der Waals surface area contributed by atoms with Crippen molar-refractivity contribution in [1.29, 1.82) is 0 Å². The van der Waals surface area contributed by atoms with Crippen LogP contribution in [0.5, 0.6) is 0 Å². The molecule has 0 saturated carbocycles. The molecular formula is C25H33NO3. The number of hydrogen-bond acceptors (Lipinski definition) is 4. The zero-order chi connectivity index (χ0) is 21.2. The van der Waals surface area contributed by atoms with Crippen molar-refractivity contribution in [2.75, 3.05) is 7.11 Å². The zero-order valence-electron chi connectivity index (χ0n) is 17.8. The lowest BCUT2D eigenvalue weighted by Crippen LogP contribution is -2.47. The summed E-state index contributed by atoms with van der Waals surface area (Å²) in [5.74, 6) is -0.229. The van der Waals surface area contributed by atoms with Crippen LogP contribution in [-0.2, 0) is 22.6 Å². The molecule has 0 aliphatic rings. The number of carbonyl (C=O) groups excluding carboxylic acids is 1. The molecule has 0 amide bonds. The molecule has 3 atom stereocenters. The minimum atomic E-state index is -0.719. The van der Waals surface area contributed by atoms with Crippen molar-refractivity contribution in [3.8, 4) is 0 Å². The molecule has 2 aromatic rings. The maximum atomic E-state index is 11.8. The molecule has 2 rings (SSSR count). The molecule has 0 radical (unpaired) electrons. The molecule has 4 heteroatoms. The summed E-state index contributed by atoms with van der Waals surface area (Å²) in [4.78, 5) is 14.1. The van der Waals surface area contributed by atoms with Crippen LogP contribution >= 0.6 is 0 Å². The van der Waals surface area contributed by atoms with Gasteiger partial charge in [0.25, 0.3) is 0 Å². The van der Waals surface area contributed by atoms with Gasteiger partial charge in [0.15, 0.2) is 0 Å². The third kappa shape index (κ3) is 6.84. The van der Waals surface area contributed by atoms with E-state index in [-0.39, 0.29) is 18.4 Å². The van der Waals surface area contributed by atoms with E-state index in [1.807, 2.05) is 36.4 Å². The molecule has 2 aromatic carbocycles. The molecule has 4 nitrogen and oxygen atoms in total. The van der Waals surface area contributed by atoms with E-state index >= 15 is 0 Å². The van der Waals surface area contributed by atoms with E-state index in [0.29, 0.717) is 18.7 Å². The monoisotopic (exact) mass is 395 g/mol. The van der Waals surface area contributed by atoms with E-state index in [1.165, 1.54) is 18.2 Å². The number of aliphatic hydroxyl groups excluding tert-OH is 1. The highest BCUT2D eigenvalue weighted by atomic mass is 16.5. The third-order valence-electron chi connectivity index (χ3n) is 5.43. The lowest BCUT2D eigenvalue weighted by Gasteiger charge is -2.39. The molecule has 0 aliphatic heterocycles. The van der Waals surface area contributed by atoms with Crippen molar-refractivity contribution >= 4 is 5.97 Å². The highest BCUT2D eigenvalue weighted by Gasteiger charge is 2.32. The molecule has 0 bridgehead atoms. The first-order valence-electron chi connectivity index (χ1n) is 10.2. The third-order valence-corrected chi connectivity index (χ3v) is 5.43. The second-order valence-electron chi connectivity index (χ2n) is 7.62. The SMILES string of the molecule is C=C(C[C@@H](O)[C@H]([C@@H](C)CC)N(Cc1ccccc1)Cc1ccccc1)C(=O)OC. The van der Waals surface area contributed by atoms with Crippen LogP contribution in [0.1, 0.15) is 37.8 Å². The van der Waals surface area contributed by atoms with E-state index in [1.54, 1.807) is 0 Å². The van der Waals surface area contributed by atoms with Gasteiger partial charge < -0.3 is 9.84 Å². The normalized spacial score (nSPS) is 14.2. The Kier molecular flexibility index (Phi) is 9.10. The molecule has 0 aliphatic carbocycles. The number of aliphatic hydroxyl groups is 1. The summed E-state index contributed by atoms with van der Waals surface area (Å²) in [5, 5.41) is 11.1. The van der Waals surface area contributed by atoms with E-state index in [9.17, 15) is 9.90 Å². The molecule has 1 N–H and O–H groups in total. The first-order valence-corrected chi connectivity index (χ1v) is 10.2. The van der Waals surface area contributed by atoms with Gasteiger partial charge in [-0.05, 0) is 17.0 Å². The van der Waals surface area contributed by atoms with Gasteiger partial charge in [0.2, 0.25) is 0 Å².